The fraction of sp³-hybridized carbons (Fsp3) is 0.556. The minimum atomic E-state index is -0.376. The van der Waals surface area contributed by atoms with E-state index in [0.717, 1.165) is 13.0 Å². The smallest absolute Gasteiger partial charge is 0.315 e. The van der Waals surface area contributed by atoms with E-state index in [1.54, 1.807) is 12.1 Å². The van der Waals surface area contributed by atoms with Crippen LogP contribution in [-0.4, -0.2) is 50.2 Å². The van der Waals surface area contributed by atoms with Crippen LogP contribution < -0.4 is 20.4 Å². The summed E-state index contributed by atoms with van der Waals surface area (Å²) >= 11 is 0. The molecule has 1 aromatic carbocycles. The van der Waals surface area contributed by atoms with E-state index in [1.807, 2.05) is 0 Å². The Morgan fingerprint density at radius 2 is 2.28 bits per heavy atom. The first-order chi connectivity index (χ1) is 12.1. The van der Waals surface area contributed by atoms with Gasteiger partial charge in [-0.15, -0.1) is 0 Å². The van der Waals surface area contributed by atoms with E-state index in [0.29, 0.717) is 24.8 Å². The average Bonchev–Trinajstić information content (AvgIpc) is 3.19. The summed E-state index contributed by atoms with van der Waals surface area (Å²) in [5.74, 6) is -0.479. The molecule has 2 fully saturated rings. The molecule has 1 unspecified atom stereocenters. The maximum absolute atomic E-state index is 13.3. The summed E-state index contributed by atoms with van der Waals surface area (Å²) in [5.41, 5.74) is 0.530. The van der Waals surface area contributed by atoms with Gasteiger partial charge in [0.25, 0.3) is 0 Å². The minimum absolute atomic E-state index is 0.103. The van der Waals surface area contributed by atoms with Crippen LogP contribution in [0.15, 0.2) is 24.3 Å². The van der Waals surface area contributed by atoms with Crippen molar-refractivity contribution >= 4 is 17.6 Å². The highest BCUT2D eigenvalue weighted by atomic mass is 19.1. The number of likely N-dealkylation sites (tertiary alicyclic amines) is 1. The summed E-state index contributed by atoms with van der Waals surface area (Å²) in [6, 6.07) is 5.95. The molecule has 2 saturated heterocycles. The molecule has 0 radical (unpaired) electrons. The van der Waals surface area contributed by atoms with E-state index in [1.165, 1.54) is 34.9 Å². The maximum Gasteiger partial charge on any atom is 0.315 e. The van der Waals surface area contributed by atoms with Crippen LogP contribution in [0.1, 0.15) is 26.2 Å². The summed E-state index contributed by atoms with van der Waals surface area (Å²) in [4.78, 5) is 27.3. The SMILES string of the molecule is CC[NH+]1CCC[C@H]1CNC(=O)N[C@@H]1CC(=O)N(c2cccc(F)c2)C1. The summed E-state index contributed by atoms with van der Waals surface area (Å²) in [6.07, 6.45) is 2.58. The Morgan fingerprint density at radius 3 is 3.04 bits per heavy atom. The highest BCUT2D eigenvalue weighted by Gasteiger charge is 2.32. The van der Waals surface area contributed by atoms with Gasteiger partial charge < -0.3 is 20.4 Å². The number of urea groups is 1. The van der Waals surface area contributed by atoms with Gasteiger partial charge in [-0.05, 0) is 25.1 Å². The number of quaternary nitrogens is 1. The van der Waals surface area contributed by atoms with Crippen molar-refractivity contribution in [2.45, 2.75) is 38.3 Å². The van der Waals surface area contributed by atoms with Gasteiger partial charge >= 0.3 is 6.03 Å². The van der Waals surface area contributed by atoms with Crippen LogP contribution in [0.3, 0.4) is 0 Å². The number of nitrogens with zero attached hydrogens (tertiary/aromatic N) is 1. The molecule has 2 aliphatic heterocycles. The molecular weight excluding hydrogens is 323 g/mol. The van der Waals surface area contributed by atoms with Gasteiger partial charge in [0.1, 0.15) is 11.9 Å². The second-order valence-corrected chi connectivity index (χ2v) is 6.84. The molecule has 6 nitrogen and oxygen atoms in total. The lowest BCUT2D eigenvalue weighted by atomic mass is 10.2. The molecule has 0 aromatic heterocycles. The number of rotatable bonds is 5. The van der Waals surface area contributed by atoms with E-state index >= 15 is 0 Å². The predicted octanol–water partition coefficient (Wildman–Crippen LogP) is 0.297. The molecule has 0 bridgehead atoms. The molecule has 7 heteroatoms. The third-order valence-electron chi connectivity index (χ3n) is 5.17. The average molecular weight is 349 g/mol. The molecular formula is C18H26FN4O2+. The Labute approximate surface area is 147 Å². The lowest BCUT2D eigenvalue weighted by Crippen LogP contribution is -3.14. The normalized spacial score (nSPS) is 26.1. The summed E-state index contributed by atoms with van der Waals surface area (Å²) < 4.78 is 13.3. The van der Waals surface area contributed by atoms with Crippen molar-refractivity contribution in [3.8, 4) is 0 Å². The van der Waals surface area contributed by atoms with Crippen molar-refractivity contribution in [3.05, 3.63) is 30.1 Å². The number of anilines is 1. The second-order valence-electron chi connectivity index (χ2n) is 6.84. The van der Waals surface area contributed by atoms with Crippen molar-refractivity contribution in [1.82, 2.24) is 10.6 Å². The van der Waals surface area contributed by atoms with Gasteiger partial charge in [0, 0.05) is 31.5 Å². The summed E-state index contributed by atoms with van der Waals surface area (Å²) in [5, 5.41) is 5.80. The first kappa shape index (κ1) is 17.7. The highest BCUT2D eigenvalue weighted by Crippen LogP contribution is 2.22. The van der Waals surface area contributed by atoms with Gasteiger partial charge in [-0.1, -0.05) is 6.07 Å². The van der Waals surface area contributed by atoms with Crippen LogP contribution in [0.4, 0.5) is 14.9 Å². The van der Waals surface area contributed by atoms with Gasteiger partial charge in [-0.2, -0.15) is 0 Å². The number of hydrogen-bond acceptors (Lipinski definition) is 2. The Bertz CT molecular complexity index is 639. The van der Waals surface area contributed by atoms with Crippen LogP contribution in [0.25, 0.3) is 0 Å². The van der Waals surface area contributed by atoms with Crippen molar-refractivity contribution in [2.24, 2.45) is 0 Å². The van der Waals surface area contributed by atoms with Crippen LogP contribution >= 0.6 is 0 Å². The molecule has 0 aliphatic carbocycles. The quantitative estimate of drug-likeness (QED) is 0.716. The Morgan fingerprint density at radius 1 is 1.44 bits per heavy atom. The second kappa shape index (κ2) is 7.82. The molecule has 3 amide bonds. The standard InChI is InChI=1S/C18H25FN4O2/c1-2-22-8-4-7-16(22)11-20-18(25)21-14-10-17(24)23(12-14)15-6-3-5-13(19)9-15/h3,5-6,9,14,16H,2,4,7-8,10-12H2,1H3,(H2,20,21,25)/p+1/t14-,16+/m1/s1. The Hall–Kier alpha value is -2.15. The number of carbonyl (C=O) groups is 2. The van der Waals surface area contributed by atoms with E-state index in [4.69, 9.17) is 0 Å². The van der Waals surface area contributed by atoms with Crippen molar-refractivity contribution < 1.29 is 18.9 Å². The van der Waals surface area contributed by atoms with Gasteiger partial charge in [0.05, 0.1) is 25.7 Å². The maximum atomic E-state index is 13.3. The highest BCUT2D eigenvalue weighted by molar-refractivity contribution is 5.96. The van der Waals surface area contributed by atoms with Crippen LogP contribution in [0.5, 0.6) is 0 Å². The fourth-order valence-electron chi connectivity index (χ4n) is 3.85. The Balaban J connectivity index is 1.48. The molecule has 0 spiro atoms. The first-order valence-corrected chi connectivity index (χ1v) is 9.01. The number of likely N-dealkylation sites (N-methyl/N-ethyl adjacent to an activating group) is 1. The summed E-state index contributed by atoms with van der Waals surface area (Å²) in [7, 11) is 0. The number of benzene rings is 1. The van der Waals surface area contributed by atoms with Gasteiger partial charge in [0.15, 0.2) is 0 Å². The minimum Gasteiger partial charge on any atom is -0.333 e. The number of hydrogen-bond donors (Lipinski definition) is 3. The van der Waals surface area contributed by atoms with Crippen molar-refractivity contribution in [1.29, 1.82) is 0 Å². The number of carbonyl (C=O) groups excluding carboxylic acids is 2. The molecule has 3 atom stereocenters. The zero-order valence-corrected chi connectivity index (χ0v) is 14.6. The van der Waals surface area contributed by atoms with E-state index < -0.39 is 0 Å². The van der Waals surface area contributed by atoms with E-state index in [9.17, 15) is 14.0 Å². The van der Waals surface area contributed by atoms with Crippen molar-refractivity contribution in [3.63, 3.8) is 0 Å². The number of halogens is 1. The van der Waals surface area contributed by atoms with Gasteiger partial charge in [-0.25, -0.2) is 9.18 Å². The lowest BCUT2D eigenvalue weighted by molar-refractivity contribution is -0.909. The van der Waals surface area contributed by atoms with E-state index in [-0.39, 0.29) is 30.2 Å². The van der Waals surface area contributed by atoms with Crippen LogP contribution in [0, 0.1) is 5.82 Å². The zero-order chi connectivity index (χ0) is 17.8. The summed E-state index contributed by atoms with van der Waals surface area (Å²) in [6.45, 7) is 5.44. The van der Waals surface area contributed by atoms with E-state index in [2.05, 4.69) is 17.6 Å². The Kier molecular flexibility index (Phi) is 5.53. The molecule has 3 N–H and O–H groups in total. The molecule has 136 valence electrons. The first-order valence-electron chi connectivity index (χ1n) is 9.01. The fourth-order valence-corrected chi connectivity index (χ4v) is 3.85. The third-order valence-corrected chi connectivity index (χ3v) is 5.17. The van der Waals surface area contributed by atoms with Gasteiger partial charge in [0.2, 0.25) is 5.91 Å². The topological polar surface area (TPSA) is 65.9 Å². The van der Waals surface area contributed by atoms with Gasteiger partial charge in [-0.3, -0.25) is 4.79 Å². The zero-order valence-electron chi connectivity index (χ0n) is 14.6. The predicted molar refractivity (Wildman–Crippen MR) is 93.1 cm³/mol. The van der Waals surface area contributed by atoms with Crippen molar-refractivity contribution in [2.75, 3.05) is 31.1 Å². The third kappa shape index (κ3) is 4.28. The number of nitrogens with one attached hydrogen (secondary N) is 3. The van der Waals surface area contributed by atoms with Crippen LogP contribution in [-0.2, 0) is 4.79 Å². The monoisotopic (exact) mass is 349 g/mol. The molecule has 2 aliphatic rings. The number of amides is 3. The molecule has 1 aromatic rings. The molecule has 0 saturated carbocycles. The largest absolute Gasteiger partial charge is 0.333 e. The molecule has 2 heterocycles. The molecule has 3 rings (SSSR count). The lowest BCUT2D eigenvalue weighted by Gasteiger charge is -2.21. The molecule has 25 heavy (non-hydrogen) atoms. The van der Waals surface area contributed by atoms with Crippen LogP contribution in [0.2, 0.25) is 0 Å².